The summed E-state index contributed by atoms with van der Waals surface area (Å²) >= 11 is 4.76. The first-order valence-electron chi connectivity index (χ1n) is 27.7. The van der Waals surface area contributed by atoms with Gasteiger partial charge in [0, 0.05) is 70.2 Å². The molecule has 8 N–H and O–H groups in total. The van der Waals surface area contributed by atoms with Crippen LogP contribution in [0, 0.1) is 17.8 Å². The van der Waals surface area contributed by atoms with Crippen LogP contribution in [0.25, 0.3) is 0 Å². The molecular weight excluding hydrogens is 1270 g/mol. The molecule has 0 unspecified atom stereocenters. The van der Waals surface area contributed by atoms with Crippen LogP contribution in [0.4, 0.5) is 10.3 Å². The maximum absolute atomic E-state index is 13.6. The molecular formula is C56H58N10Na2O18S4. The fourth-order valence-corrected chi connectivity index (χ4v) is 16.2. The number of oxime groups is 2. The first-order valence-corrected chi connectivity index (χ1v) is 31.6. The van der Waals surface area contributed by atoms with Gasteiger partial charge in [0.15, 0.2) is 68.5 Å². The van der Waals surface area contributed by atoms with E-state index >= 15 is 0 Å². The second-order valence-electron chi connectivity index (χ2n) is 22.7. The van der Waals surface area contributed by atoms with Crippen molar-refractivity contribution in [3.63, 3.8) is 0 Å². The van der Waals surface area contributed by atoms with E-state index in [1.807, 2.05) is 0 Å². The molecule has 2 aromatic heterocycles. The molecule has 28 nitrogen and oxygen atoms in total. The number of aromatic nitrogens is 2. The quantitative estimate of drug-likeness (QED) is 0.0106. The summed E-state index contributed by atoms with van der Waals surface area (Å²) in [6.45, 7) is 5.86. The van der Waals surface area contributed by atoms with Crippen molar-refractivity contribution in [1.29, 1.82) is 0 Å². The Balaban J connectivity index is 0.000000228. The fraction of sp³-hybridized carbons (Fsp3) is 0.429. The van der Waals surface area contributed by atoms with E-state index in [0.29, 0.717) is 40.2 Å². The molecule has 466 valence electrons. The number of phenolic OH excluding ortho intramolecular Hbond substituents is 4. The number of thioether (sulfide) groups is 2. The minimum absolute atomic E-state index is 0. The van der Waals surface area contributed by atoms with Crippen molar-refractivity contribution in [2.24, 2.45) is 28.1 Å². The van der Waals surface area contributed by atoms with Gasteiger partial charge in [0.1, 0.15) is 24.5 Å². The van der Waals surface area contributed by atoms with E-state index in [1.165, 1.54) is 50.2 Å². The number of nitrogens with two attached hydrogens (primary N) is 2. The second-order valence-corrected chi connectivity index (χ2v) is 26.7. The van der Waals surface area contributed by atoms with Gasteiger partial charge in [0.25, 0.3) is 0 Å². The zero-order valence-corrected chi connectivity index (χ0v) is 56.1. The van der Waals surface area contributed by atoms with Crippen molar-refractivity contribution in [3.05, 3.63) is 92.2 Å². The number of carboxylic acid groups (broad SMARTS) is 4. The van der Waals surface area contributed by atoms with Gasteiger partial charge in [-0.1, -0.05) is 22.4 Å². The number of carbonyl (C=O) groups excluding carboxylic acids is 8. The number of carbonyl (C=O) groups is 8. The van der Waals surface area contributed by atoms with Gasteiger partial charge >= 0.3 is 59.1 Å². The molecule has 0 spiro atoms. The smallest absolute Gasteiger partial charge is 0.546 e. The molecule has 90 heavy (non-hydrogen) atoms. The standard InChI is InChI=1S/C29H31N5O9S2.C27H29N5O9S2.2Na/c30-29-31-18(13-45-29)22(32-43-24(28(41)42)15-1-2-19(35)20(36)9-15)21(37)10-17-25(38)33-23(27(39)40)16(12-44-26(17)33)11-34-6-3-14(4-7-34)5-8-34;1-32(6-2-3-7-32)10-14-11-42-24-15(23(36)31(24)21(14)25(37)38)9-19(35)20(16-12-43-27(28)29-16)30-41-22(26(39)40)13-4-5-17(33)18(34)8-13;;/h1-2,9,13-14,17,24,26H,3-8,10-12H2,(H5-,30,31,32,35,36,37,39,40,41,42);4-5,8,12,15,22,24H,2-3,6-7,9-11H2,1H3,(H5-,28,29,30,33,34,35,37,38,39,40);;/q;;2*+1/p-2/t14?,17-,24+,26-,34?;15-,22+,24-;;/m11../s1. The minimum atomic E-state index is -1.88. The average molecular weight is 1330 g/mol. The van der Waals surface area contributed by atoms with E-state index < -0.39 is 116 Å². The number of phenols is 4. The number of Topliss-reactive ketones (excluding diaryl/α,β-unsaturated/α-hetero) is 2. The number of piperidine rings is 3. The Hall–Kier alpha value is -6.30. The van der Waals surface area contributed by atoms with Crippen molar-refractivity contribution in [2.75, 3.05) is 75.8 Å². The van der Waals surface area contributed by atoms with Gasteiger partial charge in [-0.25, -0.2) is 9.97 Å². The number of carboxylic acids is 4. The molecule has 2 aromatic carbocycles. The number of hydrogen-bond donors (Lipinski definition) is 6. The molecule has 34 heteroatoms. The monoisotopic (exact) mass is 1330 g/mol. The van der Waals surface area contributed by atoms with Crippen LogP contribution < -0.4 is 91.0 Å². The normalized spacial score (nSPS) is 23.9. The summed E-state index contributed by atoms with van der Waals surface area (Å²) in [5.74, 6) is -11.3. The van der Waals surface area contributed by atoms with Crippen molar-refractivity contribution in [2.45, 2.75) is 67.9 Å². The van der Waals surface area contributed by atoms with Gasteiger partial charge in [-0.3, -0.25) is 29.0 Å². The van der Waals surface area contributed by atoms with E-state index in [1.54, 1.807) is 0 Å². The summed E-state index contributed by atoms with van der Waals surface area (Å²) in [4.78, 5) is 123. The number of benzene rings is 2. The number of likely N-dealkylation sites (tertiary alicyclic amines) is 1. The van der Waals surface area contributed by atoms with E-state index in [9.17, 15) is 79.2 Å². The van der Waals surface area contributed by atoms with Crippen LogP contribution in [0.2, 0.25) is 0 Å². The van der Waals surface area contributed by atoms with Crippen molar-refractivity contribution in [3.8, 4) is 23.0 Å². The van der Waals surface area contributed by atoms with Gasteiger partial charge in [-0.05, 0) is 49.4 Å². The molecule has 12 rings (SSSR count). The maximum atomic E-state index is 13.6. The Morgan fingerprint density at radius 3 is 1.39 bits per heavy atom. The zero-order chi connectivity index (χ0) is 63.1. The van der Waals surface area contributed by atoms with Crippen LogP contribution in [-0.2, 0) is 48.0 Å². The molecule has 6 fully saturated rings. The SMILES string of the molecule is C[N+]1(CC2=C(C(=O)[O-])N3C(=O)[C@@H](CC(=O)/C(=N\O[C@H](C(=O)[O-])c4ccc(O)c(O)c4)c4csc(N)n4)[C@H]3SC2)CCCC1.Nc1nc(/C(=N/O[C@H](C(=O)[O-])c2ccc(O)c(O)c2)C(=O)C[C@@H]2C(=O)N3C(C(=O)[O-])=C(C[N+]45CCC(CC4)CC5)CS[C@H]23)cs1.[Na+].[Na+]. The van der Waals surface area contributed by atoms with Crippen LogP contribution in [0.5, 0.6) is 23.0 Å². The van der Waals surface area contributed by atoms with Crippen LogP contribution in [-0.4, -0.2) is 183 Å². The molecule has 0 saturated carbocycles. The molecule has 2 amide bonds. The van der Waals surface area contributed by atoms with Crippen LogP contribution >= 0.6 is 46.2 Å². The third-order valence-electron chi connectivity index (χ3n) is 16.9. The summed E-state index contributed by atoms with van der Waals surface area (Å²) in [6, 6.07) is 6.32. The number of nitrogens with zero attached hydrogens (tertiary/aromatic N) is 8. The third kappa shape index (κ3) is 14.6. The third-order valence-corrected chi connectivity index (χ3v) is 21.0. The van der Waals surface area contributed by atoms with Gasteiger partial charge in [0.05, 0.1) is 97.6 Å². The Morgan fingerprint density at radius 1 is 0.633 bits per heavy atom. The van der Waals surface area contributed by atoms with E-state index in [2.05, 4.69) is 27.3 Å². The van der Waals surface area contributed by atoms with Gasteiger partial charge in [0.2, 0.25) is 11.8 Å². The largest absolute Gasteiger partial charge is 1.00 e. The molecule has 0 aliphatic carbocycles. The van der Waals surface area contributed by atoms with E-state index in [-0.39, 0.29) is 116 Å². The summed E-state index contributed by atoms with van der Waals surface area (Å²) in [5.41, 5.74) is 11.5. The minimum Gasteiger partial charge on any atom is -0.546 e. The molecule has 6 atom stereocenters. The number of quaternary nitrogens is 2. The Kier molecular flexibility index (Phi) is 22.2. The van der Waals surface area contributed by atoms with Crippen LogP contribution in [0.15, 0.2) is 80.0 Å². The number of hydrogen-bond acceptors (Lipinski definition) is 28. The number of likely N-dealkylation sites (N-methyl/N-ethyl adjacent to an activating group) is 1. The number of amides is 2. The fourth-order valence-electron chi connectivity index (χ4n) is 12.3. The number of ketones is 2. The number of nitrogen functional groups attached to an aromatic ring is 2. The van der Waals surface area contributed by atoms with Crippen molar-refractivity contribution in [1.82, 2.24) is 19.8 Å². The molecule has 2 bridgehead atoms. The Bertz CT molecular complexity index is 3650. The van der Waals surface area contributed by atoms with Gasteiger partial charge < -0.3 is 90.1 Å². The van der Waals surface area contributed by atoms with Crippen LogP contribution in [0.1, 0.15) is 79.7 Å². The Labute approximate surface area is 574 Å². The number of aliphatic carboxylic acids is 4. The second kappa shape index (κ2) is 28.7. The van der Waals surface area contributed by atoms with Crippen molar-refractivity contribution >= 4 is 115 Å². The summed E-state index contributed by atoms with van der Waals surface area (Å²) in [5, 5.41) is 96.2. The predicted octanol–water partition coefficient (Wildman–Crippen LogP) is -7.44. The number of fused-ring (bicyclic) bond motifs is 5. The molecule has 8 aliphatic heterocycles. The molecule has 0 radical (unpaired) electrons. The summed E-state index contributed by atoms with van der Waals surface area (Å²) < 4.78 is 1.51. The predicted molar refractivity (Wildman–Crippen MR) is 307 cm³/mol. The average Bonchev–Trinajstić information content (AvgIpc) is 1.73. The van der Waals surface area contributed by atoms with E-state index in [4.69, 9.17) is 21.1 Å². The maximum Gasteiger partial charge on any atom is 1.00 e. The number of β-lactam (4-membered cyclic amide) rings is 2. The molecule has 8 aliphatic rings. The van der Waals surface area contributed by atoms with E-state index in [0.717, 1.165) is 128 Å². The summed E-state index contributed by atoms with van der Waals surface area (Å²) in [7, 11) is 2.06. The number of thiazole rings is 2. The first-order chi connectivity index (χ1) is 41.8. The Morgan fingerprint density at radius 2 is 1.03 bits per heavy atom. The molecule has 10 heterocycles. The number of anilines is 2. The number of rotatable bonds is 22. The van der Waals surface area contributed by atoms with Gasteiger partial charge in [-0.2, -0.15) is 0 Å². The molecule has 6 saturated heterocycles. The first kappa shape index (κ1) is 69.6. The number of aromatic hydroxyl groups is 4. The zero-order valence-electron chi connectivity index (χ0n) is 48.8. The van der Waals surface area contributed by atoms with Crippen molar-refractivity contribution < 1.29 is 157 Å². The van der Waals surface area contributed by atoms with Crippen LogP contribution in [0.3, 0.4) is 0 Å². The summed E-state index contributed by atoms with van der Waals surface area (Å²) in [6.07, 6.45) is 0.942. The van der Waals surface area contributed by atoms with Gasteiger partial charge in [-0.15, -0.1) is 46.2 Å². The topological polar surface area (TPSA) is 437 Å². The molecule has 4 aromatic rings.